The molecule has 160 valence electrons. The first-order valence-electron chi connectivity index (χ1n) is 10.4. The molecule has 31 heavy (non-hydrogen) atoms. The number of pyridine rings is 1. The molecule has 1 aliphatic carbocycles. The van der Waals surface area contributed by atoms with Crippen LogP contribution in [0, 0.1) is 29.0 Å². The summed E-state index contributed by atoms with van der Waals surface area (Å²) in [6, 6.07) is 4.40. The van der Waals surface area contributed by atoms with Gasteiger partial charge in [-0.2, -0.15) is 5.26 Å². The molecule has 1 amide bonds. The molecule has 2 aliphatic heterocycles. The van der Waals surface area contributed by atoms with Gasteiger partial charge in [0.15, 0.2) is 0 Å². The van der Waals surface area contributed by atoms with E-state index in [1.54, 1.807) is 24.7 Å². The lowest BCUT2D eigenvalue weighted by Crippen LogP contribution is -2.68. The number of nitrogens with one attached hydrogen (secondary N) is 3. The van der Waals surface area contributed by atoms with Gasteiger partial charge in [-0.15, -0.1) is 0 Å². The molecule has 4 heterocycles. The number of aromatic nitrogens is 3. The molecule has 2 aromatic rings. The van der Waals surface area contributed by atoms with Gasteiger partial charge in [-0.3, -0.25) is 15.1 Å². The molecule has 2 saturated heterocycles. The molecule has 2 aromatic heterocycles. The molecular formula is C21H23FN8O. The average Bonchev–Trinajstić information content (AvgIpc) is 3.12. The second-order valence-electron chi connectivity index (χ2n) is 8.33. The van der Waals surface area contributed by atoms with E-state index in [1.807, 2.05) is 11.9 Å². The van der Waals surface area contributed by atoms with Gasteiger partial charge in [0.05, 0.1) is 30.5 Å². The van der Waals surface area contributed by atoms with E-state index in [2.05, 4.69) is 37.1 Å². The summed E-state index contributed by atoms with van der Waals surface area (Å²) < 4.78 is 13.7. The fourth-order valence-electron chi connectivity index (χ4n) is 4.89. The lowest BCUT2D eigenvalue weighted by Gasteiger charge is -2.47. The maximum Gasteiger partial charge on any atom is 0.230 e. The van der Waals surface area contributed by atoms with Crippen molar-refractivity contribution < 1.29 is 9.18 Å². The monoisotopic (exact) mass is 422 g/mol. The molecule has 3 fully saturated rings. The third kappa shape index (κ3) is 3.44. The zero-order chi connectivity index (χ0) is 21.5. The Balaban J connectivity index is 1.40. The number of halogens is 1. The van der Waals surface area contributed by atoms with Crippen LogP contribution in [0.15, 0.2) is 36.9 Å². The Bertz CT molecular complexity index is 1010. The number of nitriles is 1. The average molecular weight is 422 g/mol. The summed E-state index contributed by atoms with van der Waals surface area (Å²) in [5, 5.41) is 18.1. The summed E-state index contributed by atoms with van der Waals surface area (Å²) in [5.41, 5.74) is 3.80. The highest BCUT2D eigenvalue weighted by Crippen LogP contribution is 2.44. The number of carbonyl (C=O) groups excluding carboxylic acids is 1. The third-order valence-electron chi connectivity index (χ3n) is 6.68. The number of carbonyl (C=O) groups is 1. The van der Waals surface area contributed by atoms with Crippen LogP contribution < -0.4 is 16.1 Å². The van der Waals surface area contributed by atoms with Gasteiger partial charge in [0.1, 0.15) is 17.7 Å². The molecule has 0 radical (unpaired) electrons. The van der Waals surface area contributed by atoms with Crippen LogP contribution in [-0.4, -0.2) is 44.2 Å². The van der Waals surface area contributed by atoms with Gasteiger partial charge in [0.25, 0.3) is 0 Å². The number of fused-ring (bicyclic) bond motifs is 1. The van der Waals surface area contributed by atoms with Gasteiger partial charge in [0.2, 0.25) is 5.91 Å². The Hall–Kier alpha value is -3.00. The van der Waals surface area contributed by atoms with Crippen molar-refractivity contribution in [2.75, 3.05) is 0 Å². The first-order valence-corrected chi connectivity index (χ1v) is 10.4. The summed E-state index contributed by atoms with van der Waals surface area (Å²) >= 11 is 0. The molecule has 5 rings (SSSR count). The van der Waals surface area contributed by atoms with Crippen LogP contribution in [0.3, 0.4) is 0 Å². The number of rotatable bonds is 4. The van der Waals surface area contributed by atoms with E-state index < -0.39 is 23.9 Å². The predicted octanol–water partition coefficient (Wildman–Crippen LogP) is 0.966. The fourth-order valence-corrected chi connectivity index (χ4v) is 4.89. The van der Waals surface area contributed by atoms with E-state index in [4.69, 9.17) is 0 Å². The van der Waals surface area contributed by atoms with Gasteiger partial charge in [-0.1, -0.05) is 0 Å². The SMILES string of the molecule is CC(c1cncc(F)c1)N1NC(C#N)C2C(=O)NC(C3CCC3c3ncccn3)NC21. The van der Waals surface area contributed by atoms with E-state index in [9.17, 15) is 14.4 Å². The Kier molecular flexibility index (Phi) is 5.09. The topological polar surface area (TPSA) is 119 Å². The van der Waals surface area contributed by atoms with E-state index in [-0.39, 0.29) is 30.0 Å². The largest absolute Gasteiger partial charge is 0.340 e. The molecule has 3 N–H and O–H groups in total. The summed E-state index contributed by atoms with van der Waals surface area (Å²) in [4.78, 5) is 25.7. The minimum Gasteiger partial charge on any atom is -0.340 e. The number of nitrogens with zero attached hydrogens (tertiary/aromatic N) is 5. The van der Waals surface area contributed by atoms with Gasteiger partial charge < -0.3 is 5.32 Å². The maximum atomic E-state index is 13.7. The van der Waals surface area contributed by atoms with Crippen molar-refractivity contribution in [2.45, 2.75) is 50.1 Å². The van der Waals surface area contributed by atoms with Crippen LogP contribution in [0.2, 0.25) is 0 Å². The molecular weight excluding hydrogens is 399 g/mol. The minimum atomic E-state index is -0.683. The first-order chi connectivity index (χ1) is 15.1. The maximum absolute atomic E-state index is 13.7. The van der Waals surface area contributed by atoms with Crippen LogP contribution in [-0.2, 0) is 4.79 Å². The summed E-state index contributed by atoms with van der Waals surface area (Å²) in [6.07, 6.45) is 7.43. The molecule has 0 spiro atoms. The van der Waals surface area contributed by atoms with Crippen molar-refractivity contribution in [3.8, 4) is 6.07 Å². The van der Waals surface area contributed by atoms with E-state index in [0.29, 0.717) is 5.56 Å². The molecule has 3 aliphatic rings. The molecule has 0 aromatic carbocycles. The lowest BCUT2D eigenvalue weighted by molar-refractivity contribution is -0.132. The van der Waals surface area contributed by atoms with Gasteiger partial charge in [0, 0.05) is 36.5 Å². The highest BCUT2D eigenvalue weighted by molar-refractivity contribution is 5.82. The van der Waals surface area contributed by atoms with Gasteiger partial charge in [-0.05, 0) is 37.5 Å². The second kappa shape index (κ2) is 7.92. The Morgan fingerprint density at radius 1 is 1.29 bits per heavy atom. The third-order valence-corrected chi connectivity index (χ3v) is 6.68. The Morgan fingerprint density at radius 3 is 2.77 bits per heavy atom. The van der Waals surface area contributed by atoms with Crippen LogP contribution in [0.1, 0.15) is 43.1 Å². The second-order valence-corrected chi connectivity index (χ2v) is 8.33. The minimum absolute atomic E-state index is 0.154. The Morgan fingerprint density at radius 2 is 2.10 bits per heavy atom. The van der Waals surface area contributed by atoms with Crippen molar-refractivity contribution in [1.82, 2.24) is 36.0 Å². The van der Waals surface area contributed by atoms with Crippen LogP contribution in [0.4, 0.5) is 4.39 Å². The lowest BCUT2D eigenvalue weighted by atomic mass is 9.70. The standard InChI is InChI=1S/C21H23FN8O/c1-11(12-7-13(22)10-24-9-12)30-20-17(16(8-23)29-30)21(31)28-19(27-20)15-4-3-14(15)18-25-5-2-6-26-18/h2,5-7,9-11,14-17,19-20,27,29H,3-4H2,1H3,(H,28,31). The number of hydrogen-bond acceptors (Lipinski definition) is 8. The number of hydrazine groups is 1. The normalized spacial score (nSPS) is 33.6. The highest BCUT2D eigenvalue weighted by Gasteiger charge is 2.54. The smallest absolute Gasteiger partial charge is 0.230 e. The van der Waals surface area contributed by atoms with Crippen molar-refractivity contribution in [3.05, 3.63) is 54.1 Å². The highest BCUT2D eigenvalue weighted by atomic mass is 19.1. The van der Waals surface area contributed by atoms with Gasteiger partial charge >= 0.3 is 0 Å². The Labute approximate surface area is 179 Å². The molecule has 1 saturated carbocycles. The predicted molar refractivity (Wildman–Crippen MR) is 107 cm³/mol. The summed E-state index contributed by atoms with van der Waals surface area (Å²) in [7, 11) is 0. The summed E-state index contributed by atoms with van der Waals surface area (Å²) in [6.45, 7) is 1.90. The molecule has 7 unspecified atom stereocenters. The number of amides is 1. The first kappa shape index (κ1) is 19.9. The van der Waals surface area contributed by atoms with E-state index >= 15 is 0 Å². The fraction of sp³-hybridized carbons (Fsp3) is 0.476. The van der Waals surface area contributed by atoms with Gasteiger partial charge in [-0.25, -0.2) is 24.8 Å². The number of hydrogen-bond donors (Lipinski definition) is 3. The zero-order valence-electron chi connectivity index (χ0n) is 16.9. The van der Waals surface area contributed by atoms with Crippen LogP contribution >= 0.6 is 0 Å². The van der Waals surface area contributed by atoms with Crippen molar-refractivity contribution in [1.29, 1.82) is 5.26 Å². The molecule has 7 atom stereocenters. The van der Waals surface area contributed by atoms with Crippen molar-refractivity contribution >= 4 is 5.91 Å². The molecule has 9 nitrogen and oxygen atoms in total. The van der Waals surface area contributed by atoms with E-state index in [1.165, 1.54) is 6.07 Å². The quantitative estimate of drug-likeness (QED) is 0.667. The molecule has 0 bridgehead atoms. The van der Waals surface area contributed by atoms with Crippen molar-refractivity contribution in [3.63, 3.8) is 0 Å². The van der Waals surface area contributed by atoms with Crippen LogP contribution in [0.5, 0.6) is 0 Å². The van der Waals surface area contributed by atoms with Crippen LogP contribution in [0.25, 0.3) is 0 Å². The molecule has 10 heteroatoms. The zero-order valence-corrected chi connectivity index (χ0v) is 16.9. The summed E-state index contributed by atoms with van der Waals surface area (Å²) in [5.74, 6) is -0.0793. The van der Waals surface area contributed by atoms with Crippen molar-refractivity contribution in [2.24, 2.45) is 11.8 Å². The van der Waals surface area contributed by atoms with E-state index in [0.717, 1.165) is 24.9 Å².